The number of esters is 1. The van der Waals surface area contributed by atoms with Crippen LogP contribution in [0, 0.1) is 5.92 Å². The fourth-order valence-corrected chi connectivity index (χ4v) is 3.42. The summed E-state index contributed by atoms with van der Waals surface area (Å²) in [5.74, 6) is -1.64. The van der Waals surface area contributed by atoms with E-state index in [9.17, 15) is 14.4 Å². The molecule has 2 amide bonds. The lowest BCUT2D eigenvalue weighted by Gasteiger charge is -2.19. The van der Waals surface area contributed by atoms with Crippen LogP contribution in [0.2, 0.25) is 0 Å². The molecule has 1 heterocycles. The Kier molecular flexibility index (Phi) is 6.46. The van der Waals surface area contributed by atoms with Crippen molar-refractivity contribution in [2.45, 2.75) is 19.8 Å². The summed E-state index contributed by atoms with van der Waals surface area (Å²) in [4.78, 5) is 38.3. The van der Waals surface area contributed by atoms with Gasteiger partial charge in [0, 0.05) is 28.8 Å². The number of anilines is 2. The number of halogens is 1. The van der Waals surface area contributed by atoms with Crippen molar-refractivity contribution in [1.82, 2.24) is 0 Å². The first-order valence-electron chi connectivity index (χ1n) is 9.08. The fraction of sp³-hybridized carbons (Fsp3) is 0.286. The highest BCUT2D eigenvalue weighted by molar-refractivity contribution is 9.10. The molecule has 146 valence electrons. The Bertz CT molecular complexity index is 882. The number of rotatable bonds is 6. The lowest BCUT2D eigenvalue weighted by Crippen LogP contribution is -2.28. The number of hydrogen-bond acceptors (Lipinski definition) is 4. The summed E-state index contributed by atoms with van der Waals surface area (Å²) in [5.41, 5.74) is 2.50. The second-order valence-corrected chi connectivity index (χ2v) is 7.47. The number of aryl methyl sites for hydroxylation is 1. The molecule has 0 spiro atoms. The minimum absolute atomic E-state index is 0.0885. The number of para-hydroxylation sites is 1. The molecule has 0 radical (unpaired) electrons. The smallest absolute Gasteiger partial charge is 0.311 e. The first-order chi connectivity index (χ1) is 13.5. The van der Waals surface area contributed by atoms with E-state index in [1.165, 1.54) is 0 Å². The molecule has 0 saturated carbocycles. The van der Waals surface area contributed by atoms with Crippen LogP contribution in [0.25, 0.3) is 0 Å². The third kappa shape index (κ3) is 4.78. The van der Waals surface area contributed by atoms with E-state index >= 15 is 0 Å². The minimum atomic E-state index is -0.571. The van der Waals surface area contributed by atoms with Crippen molar-refractivity contribution >= 4 is 45.1 Å². The molecule has 6 nitrogen and oxygen atoms in total. The highest BCUT2D eigenvalue weighted by Gasteiger charge is 2.36. The highest BCUT2D eigenvalue weighted by Crippen LogP contribution is 2.29. The molecular formula is C21H21BrN2O4. The van der Waals surface area contributed by atoms with Gasteiger partial charge in [-0.05, 0) is 42.3 Å². The number of amides is 2. The summed E-state index contributed by atoms with van der Waals surface area (Å²) in [5, 5.41) is 2.66. The van der Waals surface area contributed by atoms with Gasteiger partial charge in [0.15, 0.2) is 6.61 Å². The Hall–Kier alpha value is -2.67. The summed E-state index contributed by atoms with van der Waals surface area (Å²) in [7, 11) is 0. The fourth-order valence-electron chi connectivity index (χ4n) is 3.16. The van der Waals surface area contributed by atoms with Crippen molar-refractivity contribution in [3.8, 4) is 0 Å². The number of hydrogen-bond donors (Lipinski definition) is 1. The van der Waals surface area contributed by atoms with Gasteiger partial charge >= 0.3 is 5.97 Å². The molecule has 2 aromatic carbocycles. The largest absolute Gasteiger partial charge is 0.455 e. The van der Waals surface area contributed by atoms with E-state index < -0.39 is 17.8 Å². The quantitative estimate of drug-likeness (QED) is 0.691. The number of carbonyl (C=O) groups is 3. The lowest BCUT2D eigenvalue weighted by molar-refractivity contribution is -0.151. The van der Waals surface area contributed by atoms with Crippen molar-refractivity contribution in [2.75, 3.05) is 23.4 Å². The molecule has 3 rings (SSSR count). The monoisotopic (exact) mass is 444 g/mol. The molecule has 1 saturated heterocycles. The van der Waals surface area contributed by atoms with Crippen LogP contribution < -0.4 is 10.2 Å². The lowest BCUT2D eigenvalue weighted by atomic mass is 10.1. The first kappa shape index (κ1) is 20.1. The average molecular weight is 445 g/mol. The number of benzene rings is 2. The van der Waals surface area contributed by atoms with Crippen LogP contribution in [0.3, 0.4) is 0 Å². The van der Waals surface area contributed by atoms with Crippen LogP contribution in [0.4, 0.5) is 11.4 Å². The topological polar surface area (TPSA) is 75.7 Å². The van der Waals surface area contributed by atoms with Gasteiger partial charge in [-0.25, -0.2) is 0 Å². The molecule has 1 fully saturated rings. The minimum Gasteiger partial charge on any atom is -0.455 e. The summed E-state index contributed by atoms with van der Waals surface area (Å²) < 4.78 is 6.03. The van der Waals surface area contributed by atoms with Crippen LogP contribution in [0.15, 0.2) is 53.0 Å². The Morgan fingerprint density at radius 3 is 2.61 bits per heavy atom. The molecule has 0 unspecified atom stereocenters. The third-order valence-corrected chi connectivity index (χ3v) is 5.12. The van der Waals surface area contributed by atoms with E-state index in [1.807, 2.05) is 31.2 Å². The summed E-state index contributed by atoms with van der Waals surface area (Å²) in [6.45, 7) is 1.91. The van der Waals surface area contributed by atoms with Gasteiger partial charge in [-0.1, -0.05) is 41.1 Å². The molecule has 0 aromatic heterocycles. The predicted octanol–water partition coefficient (Wildman–Crippen LogP) is 3.55. The number of carbonyl (C=O) groups excluding carboxylic acids is 3. The van der Waals surface area contributed by atoms with Crippen molar-refractivity contribution in [1.29, 1.82) is 0 Å². The van der Waals surface area contributed by atoms with Crippen LogP contribution >= 0.6 is 15.9 Å². The van der Waals surface area contributed by atoms with E-state index in [0.29, 0.717) is 5.69 Å². The van der Waals surface area contributed by atoms with Crippen LogP contribution in [0.5, 0.6) is 0 Å². The zero-order valence-corrected chi connectivity index (χ0v) is 17.1. The highest BCUT2D eigenvalue weighted by atomic mass is 79.9. The van der Waals surface area contributed by atoms with E-state index in [1.54, 1.807) is 29.2 Å². The number of nitrogens with one attached hydrogen (secondary N) is 1. The maximum atomic E-state index is 12.4. The van der Waals surface area contributed by atoms with Crippen LogP contribution in [-0.4, -0.2) is 30.9 Å². The Morgan fingerprint density at radius 1 is 1.18 bits per heavy atom. The molecule has 7 heteroatoms. The van der Waals surface area contributed by atoms with E-state index in [0.717, 1.165) is 22.1 Å². The van der Waals surface area contributed by atoms with Crippen molar-refractivity contribution in [3.63, 3.8) is 0 Å². The molecular weight excluding hydrogens is 424 g/mol. The second-order valence-electron chi connectivity index (χ2n) is 6.55. The third-order valence-electron chi connectivity index (χ3n) is 4.60. The molecule has 0 aliphatic carbocycles. The van der Waals surface area contributed by atoms with Crippen molar-refractivity contribution in [2.24, 2.45) is 5.92 Å². The molecule has 1 atom stereocenters. The average Bonchev–Trinajstić information content (AvgIpc) is 3.09. The molecule has 2 aromatic rings. The van der Waals surface area contributed by atoms with Gasteiger partial charge in [-0.15, -0.1) is 0 Å². The van der Waals surface area contributed by atoms with Gasteiger partial charge in [-0.3, -0.25) is 14.4 Å². The molecule has 1 aliphatic heterocycles. The zero-order chi connectivity index (χ0) is 20.1. The maximum absolute atomic E-state index is 12.4. The van der Waals surface area contributed by atoms with Gasteiger partial charge in [0.2, 0.25) is 5.91 Å². The van der Waals surface area contributed by atoms with Gasteiger partial charge in [-0.2, -0.15) is 0 Å². The number of nitrogens with zero attached hydrogens (tertiary/aromatic N) is 1. The van der Waals surface area contributed by atoms with E-state index in [4.69, 9.17) is 4.74 Å². The normalized spacial score (nSPS) is 16.1. The van der Waals surface area contributed by atoms with Crippen molar-refractivity contribution in [3.05, 3.63) is 58.6 Å². The first-order valence-corrected chi connectivity index (χ1v) is 9.87. The molecule has 0 bridgehead atoms. The van der Waals surface area contributed by atoms with Crippen molar-refractivity contribution < 1.29 is 19.1 Å². The molecule has 28 heavy (non-hydrogen) atoms. The van der Waals surface area contributed by atoms with E-state index in [-0.39, 0.29) is 25.5 Å². The maximum Gasteiger partial charge on any atom is 0.311 e. The SMILES string of the molecule is CCc1ccccc1N1C[C@H](C(=O)OCC(=O)Nc2ccc(Br)cc2)CC1=O. The van der Waals surface area contributed by atoms with Crippen LogP contribution in [-0.2, 0) is 25.5 Å². The van der Waals surface area contributed by atoms with E-state index in [2.05, 4.69) is 21.2 Å². The van der Waals surface area contributed by atoms with Gasteiger partial charge < -0.3 is 15.0 Å². The van der Waals surface area contributed by atoms with Gasteiger partial charge in [0.1, 0.15) is 0 Å². The Morgan fingerprint density at radius 2 is 1.89 bits per heavy atom. The molecule has 1 aliphatic rings. The zero-order valence-electron chi connectivity index (χ0n) is 15.5. The standard InChI is InChI=1S/C21H21BrN2O4/c1-2-14-5-3-4-6-18(14)24-12-15(11-20(24)26)21(27)28-13-19(25)23-17-9-7-16(22)8-10-17/h3-10,15H,2,11-13H2,1H3,(H,23,25)/t15-/m1/s1. The Balaban J connectivity index is 1.54. The summed E-state index contributed by atoms with van der Waals surface area (Å²) >= 11 is 3.32. The van der Waals surface area contributed by atoms with Gasteiger partial charge in [0.25, 0.3) is 5.91 Å². The summed E-state index contributed by atoms with van der Waals surface area (Å²) in [6, 6.07) is 14.7. The predicted molar refractivity (Wildman–Crippen MR) is 110 cm³/mol. The van der Waals surface area contributed by atoms with Gasteiger partial charge in [0.05, 0.1) is 5.92 Å². The Labute approximate surface area is 172 Å². The summed E-state index contributed by atoms with van der Waals surface area (Å²) in [6.07, 6.45) is 0.885. The number of ether oxygens (including phenoxy) is 1. The molecule has 1 N–H and O–H groups in total. The van der Waals surface area contributed by atoms with Crippen LogP contribution in [0.1, 0.15) is 18.9 Å². The second kappa shape index (κ2) is 9.01.